The minimum Gasteiger partial charge on any atom is -0.491 e. The van der Waals surface area contributed by atoms with Gasteiger partial charge in [-0.3, -0.25) is 0 Å². The zero-order valence-electron chi connectivity index (χ0n) is 19.2. The lowest BCUT2D eigenvalue weighted by atomic mass is 9.74. The second-order valence-corrected chi connectivity index (χ2v) is 7.91. The summed E-state index contributed by atoms with van der Waals surface area (Å²) >= 11 is 0. The van der Waals surface area contributed by atoms with Gasteiger partial charge < -0.3 is 14.2 Å². The van der Waals surface area contributed by atoms with Gasteiger partial charge in [0.2, 0.25) is 0 Å². The normalized spacial score (nSPS) is 14.3. The number of carbonyl (C=O) groups is 1. The Kier molecular flexibility index (Phi) is 9.72. The van der Waals surface area contributed by atoms with Gasteiger partial charge in [-0.25, -0.2) is 4.79 Å². The minimum atomic E-state index is -0.827. The van der Waals surface area contributed by atoms with Crippen LogP contribution in [0.25, 0.3) is 0 Å². The Labute approximate surface area is 193 Å². The highest BCUT2D eigenvalue weighted by Crippen LogP contribution is 2.38. The van der Waals surface area contributed by atoms with E-state index < -0.39 is 18.1 Å². The van der Waals surface area contributed by atoms with Gasteiger partial charge >= 0.3 is 5.97 Å². The summed E-state index contributed by atoms with van der Waals surface area (Å²) in [6.45, 7) is 9.26. The van der Waals surface area contributed by atoms with Gasteiger partial charge in [-0.15, -0.1) is 0 Å². The SMILES string of the molecule is C=CC(=O)OCC(COc1cccc(C(C)(CC)c2cccc(OCC(C)N=O)c2)c1)N=O. The van der Waals surface area contributed by atoms with E-state index in [0.29, 0.717) is 11.5 Å². The first-order valence-electron chi connectivity index (χ1n) is 10.8. The van der Waals surface area contributed by atoms with E-state index in [1.807, 2.05) is 42.5 Å². The first-order valence-corrected chi connectivity index (χ1v) is 10.8. The number of hydrogen-bond donors (Lipinski definition) is 0. The van der Waals surface area contributed by atoms with Crippen LogP contribution in [0, 0.1) is 9.81 Å². The largest absolute Gasteiger partial charge is 0.491 e. The topological polar surface area (TPSA) is 104 Å². The molecule has 0 saturated heterocycles. The molecule has 0 saturated carbocycles. The molecule has 0 aliphatic carbocycles. The summed E-state index contributed by atoms with van der Waals surface area (Å²) in [5.74, 6) is 0.630. The van der Waals surface area contributed by atoms with Crippen LogP contribution in [-0.4, -0.2) is 37.9 Å². The molecular weight excluding hydrogens is 424 g/mol. The van der Waals surface area contributed by atoms with Crippen LogP contribution in [-0.2, 0) is 14.9 Å². The third kappa shape index (κ3) is 7.24. The summed E-state index contributed by atoms with van der Waals surface area (Å²) in [5.41, 5.74) is 1.74. The van der Waals surface area contributed by atoms with E-state index in [4.69, 9.17) is 14.2 Å². The highest BCUT2D eigenvalue weighted by Gasteiger charge is 2.28. The molecule has 3 atom stereocenters. The first-order chi connectivity index (χ1) is 15.9. The molecule has 0 amide bonds. The Balaban J connectivity index is 2.17. The minimum absolute atomic E-state index is 0.0213. The zero-order valence-corrected chi connectivity index (χ0v) is 19.2. The number of carbonyl (C=O) groups excluding carboxylic acids is 1. The third-order valence-electron chi connectivity index (χ3n) is 5.50. The molecular formula is C25H30N2O6. The molecule has 2 rings (SSSR count). The van der Waals surface area contributed by atoms with Crippen molar-refractivity contribution in [1.29, 1.82) is 0 Å². The van der Waals surface area contributed by atoms with E-state index in [1.54, 1.807) is 13.0 Å². The molecule has 0 fully saturated rings. The number of hydrogen-bond acceptors (Lipinski definition) is 8. The van der Waals surface area contributed by atoms with Gasteiger partial charge in [-0.05, 0) is 48.7 Å². The van der Waals surface area contributed by atoms with Crippen molar-refractivity contribution in [3.05, 3.63) is 82.1 Å². The van der Waals surface area contributed by atoms with Crippen molar-refractivity contribution < 1.29 is 19.0 Å². The van der Waals surface area contributed by atoms with Crippen LogP contribution < -0.4 is 9.47 Å². The Hall–Kier alpha value is -3.55. The monoisotopic (exact) mass is 454 g/mol. The smallest absolute Gasteiger partial charge is 0.330 e. The van der Waals surface area contributed by atoms with E-state index >= 15 is 0 Å². The van der Waals surface area contributed by atoms with Crippen LogP contribution in [0.4, 0.5) is 0 Å². The van der Waals surface area contributed by atoms with Crippen LogP contribution in [0.1, 0.15) is 38.3 Å². The number of nitroso groups, excluding NO2 is 2. The molecule has 0 bridgehead atoms. The molecule has 8 nitrogen and oxygen atoms in total. The summed E-state index contributed by atoms with van der Waals surface area (Å²) in [7, 11) is 0. The van der Waals surface area contributed by atoms with Crippen molar-refractivity contribution in [1.82, 2.24) is 0 Å². The fraction of sp³-hybridized carbons (Fsp3) is 0.400. The van der Waals surface area contributed by atoms with Crippen molar-refractivity contribution in [2.75, 3.05) is 19.8 Å². The van der Waals surface area contributed by atoms with Gasteiger partial charge in [-0.1, -0.05) is 55.0 Å². The van der Waals surface area contributed by atoms with Crippen LogP contribution in [0.15, 0.2) is 71.5 Å². The number of esters is 1. The maximum Gasteiger partial charge on any atom is 0.330 e. The molecule has 0 N–H and O–H groups in total. The molecule has 8 heteroatoms. The quantitative estimate of drug-likeness (QED) is 0.221. The van der Waals surface area contributed by atoms with Crippen molar-refractivity contribution in [2.45, 2.75) is 44.7 Å². The molecule has 0 aromatic heterocycles. The molecule has 0 radical (unpaired) electrons. The Morgan fingerprint density at radius 1 is 1.00 bits per heavy atom. The summed E-state index contributed by atoms with van der Waals surface area (Å²) in [6, 6.07) is 14.1. The van der Waals surface area contributed by atoms with Gasteiger partial charge in [0.15, 0.2) is 6.04 Å². The number of benzene rings is 2. The summed E-state index contributed by atoms with van der Waals surface area (Å²) in [4.78, 5) is 32.9. The second-order valence-electron chi connectivity index (χ2n) is 7.91. The van der Waals surface area contributed by atoms with Crippen LogP contribution in [0.3, 0.4) is 0 Å². The van der Waals surface area contributed by atoms with E-state index in [-0.39, 0.29) is 25.2 Å². The first kappa shape index (κ1) is 25.7. The maximum atomic E-state index is 11.2. The summed E-state index contributed by atoms with van der Waals surface area (Å²) in [5, 5.41) is 5.93. The van der Waals surface area contributed by atoms with Crippen LogP contribution in [0.2, 0.25) is 0 Å². The predicted molar refractivity (Wildman–Crippen MR) is 127 cm³/mol. The fourth-order valence-electron chi connectivity index (χ4n) is 3.22. The molecule has 33 heavy (non-hydrogen) atoms. The molecule has 0 heterocycles. The number of nitrogens with zero attached hydrogens (tertiary/aromatic N) is 2. The number of rotatable bonds is 14. The third-order valence-corrected chi connectivity index (χ3v) is 5.50. The molecule has 176 valence electrons. The van der Waals surface area contributed by atoms with Gasteiger partial charge in [0.25, 0.3) is 0 Å². The maximum absolute atomic E-state index is 11.2. The van der Waals surface area contributed by atoms with Gasteiger partial charge in [0, 0.05) is 11.5 Å². The van der Waals surface area contributed by atoms with E-state index in [0.717, 1.165) is 23.6 Å². The van der Waals surface area contributed by atoms with Crippen molar-refractivity contribution in [3.63, 3.8) is 0 Å². The average Bonchev–Trinajstić information content (AvgIpc) is 2.86. The Bertz CT molecular complexity index is 963. The molecule has 0 spiro atoms. The van der Waals surface area contributed by atoms with E-state index in [1.165, 1.54) is 0 Å². The average molecular weight is 455 g/mol. The Morgan fingerprint density at radius 2 is 1.58 bits per heavy atom. The standard InChI is InChI=1S/C25H30N2O6/c1-5-24(28)33-17-21(27-30)16-32-23-12-8-10-20(14-23)25(4,6-2)19-9-7-11-22(13-19)31-15-18(3)26-29/h5,7-14,18,21H,1,6,15-17H2,2-4H3. The van der Waals surface area contributed by atoms with Crippen molar-refractivity contribution in [3.8, 4) is 11.5 Å². The lowest BCUT2D eigenvalue weighted by Crippen LogP contribution is -2.24. The summed E-state index contributed by atoms with van der Waals surface area (Å²) in [6.07, 6.45) is 1.83. The van der Waals surface area contributed by atoms with Crippen LogP contribution >= 0.6 is 0 Å². The highest BCUT2D eigenvalue weighted by molar-refractivity contribution is 5.81. The highest BCUT2D eigenvalue weighted by atomic mass is 16.5. The van der Waals surface area contributed by atoms with Gasteiger partial charge in [0.05, 0.1) is 0 Å². The Morgan fingerprint density at radius 3 is 2.06 bits per heavy atom. The van der Waals surface area contributed by atoms with Crippen molar-refractivity contribution >= 4 is 5.97 Å². The molecule has 0 aliphatic rings. The lowest BCUT2D eigenvalue weighted by molar-refractivity contribution is -0.138. The lowest BCUT2D eigenvalue weighted by Gasteiger charge is -2.30. The van der Waals surface area contributed by atoms with E-state index in [9.17, 15) is 14.6 Å². The number of ether oxygens (including phenoxy) is 3. The summed E-state index contributed by atoms with van der Waals surface area (Å²) < 4.78 is 16.4. The zero-order chi connectivity index (χ0) is 24.3. The molecule has 0 aliphatic heterocycles. The predicted octanol–water partition coefficient (Wildman–Crippen LogP) is 5.18. The molecule has 2 aromatic rings. The van der Waals surface area contributed by atoms with Gasteiger partial charge in [-0.2, -0.15) is 9.81 Å². The van der Waals surface area contributed by atoms with Gasteiger partial charge in [0.1, 0.15) is 37.4 Å². The van der Waals surface area contributed by atoms with Crippen LogP contribution in [0.5, 0.6) is 11.5 Å². The van der Waals surface area contributed by atoms with E-state index in [2.05, 4.69) is 30.8 Å². The van der Waals surface area contributed by atoms with Crippen molar-refractivity contribution in [2.24, 2.45) is 10.4 Å². The second kappa shape index (κ2) is 12.5. The molecule has 2 aromatic carbocycles. The fourth-order valence-corrected chi connectivity index (χ4v) is 3.22. The molecule has 3 unspecified atom stereocenters.